The molecule has 0 aliphatic carbocycles. The van der Waals surface area contributed by atoms with Crippen molar-refractivity contribution >= 4 is 17.6 Å². The van der Waals surface area contributed by atoms with Crippen LogP contribution in [-0.4, -0.2) is 11.1 Å². The summed E-state index contributed by atoms with van der Waals surface area (Å²) in [4.78, 5) is 10.5. The molecule has 0 spiro atoms. The second-order valence-electron chi connectivity index (χ2n) is 2.97. The molecule has 0 bridgehead atoms. The van der Waals surface area contributed by atoms with E-state index in [4.69, 9.17) is 22.4 Å². The number of carboxylic acid groups (broad SMARTS) is 1. The van der Waals surface area contributed by atoms with E-state index in [-0.39, 0.29) is 10.6 Å². The third-order valence-electron chi connectivity index (χ3n) is 1.80. The van der Waals surface area contributed by atoms with E-state index in [0.717, 1.165) is 0 Å². The van der Waals surface area contributed by atoms with Gasteiger partial charge in [-0.1, -0.05) is 17.7 Å². The molecule has 0 radical (unpaired) electrons. The molecular formula is C9H9ClFNO2. The summed E-state index contributed by atoms with van der Waals surface area (Å²) in [6.07, 6.45) is 0. The number of aryl methyl sites for hydroxylation is 1. The Bertz CT molecular complexity index is 381. The molecule has 76 valence electrons. The van der Waals surface area contributed by atoms with Crippen LogP contribution in [0, 0.1) is 12.7 Å². The van der Waals surface area contributed by atoms with Crippen molar-refractivity contribution in [2.75, 3.05) is 0 Å². The normalized spacial score (nSPS) is 12.6. The van der Waals surface area contributed by atoms with E-state index < -0.39 is 17.8 Å². The molecule has 0 saturated heterocycles. The zero-order chi connectivity index (χ0) is 10.9. The average Bonchev–Trinajstić information content (AvgIpc) is 2.09. The summed E-state index contributed by atoms with van der Waals surface area (Å²) in [7, 11) is 0. The van der Waals surface area contributed by atoms with Gasteiger partial charge in [0.15, 0.2) is 0 Å². The SMILES string of the molecule is Cc1cc(Cl)c(F)c(C(N)C(=O)O)c1. The molecule has 3 N–H and O–H groups in total. The summed E-state index contributed by atoms with van der Waals surface area (Å²) < 4.78 is 13.3. The Morgan fingerprint density at radius 3 is 2.71 bits per heavy atom. The summed E-state index contributed by atoms with van der Waals surface area (Å²) in [6, 6.07) is 1.40. The second kappa shape index (κ2) is 3.94. The van der Waals surface area contributed by atoms with Crippen molar-refractivity contribution in [3.63, 3.8) is 0 Å². The highest BCUT2D eigenvalue weighted by Gasteiger charge is 2.20. The molecule has 5 heteroatoms. The maximum atomic E-state index is 13.3. The molecule has 3 nitrogen and oxygen atoms in total. The minimum absolute atomic E-state index is 0.0949. The van der Waals surface area contributed by atoms with Gasteiger partial charge in [-0.3, -0.25) is 4.79 Å². The molecule has 0 amide bonds. The Balaban J connectivity index is 3.26. The predicted octanol–water partition coefficient (Wildman–Crippen LogP) is 1.87. The zero-order valence-corrected chi connectivity index (χ0v) is 8.18. The van der Waals surface area contributed by atoms with Crippen molar-refractivity contribution in [2.45, 2.75) is 13.0 Å². The van der Waals surface area contributed by atoms with Crippen LogP contribution in [0.3, 0.4) is 0 Å². The van der Waals surface area contributed by atoms with Gasteiger partial charge in [0.1, 0.15) is 11.9 Å². The summed E-state index contributed by atoms with van der Waals surface area (Å²) in [5, 5.41) is 8.49. The lowest BCUT2D eigenvalue weighted by atomic mass is 10.0. The lowest BCUT2D eigenvalue weighted by Crippen LogP contribution is -2.22. The van der Waals surface area contributed by atoms with Crippen LogP contribution in [0.25, 0.3) is 0 Å². The summed E-state index contributed by atoms with van der Waals surface area (Å²) in [5.41, 5.74) is 5.85. The van der Waals surface area contributed by atoms with Gasteiger partial charge in [-0.15, -0.1) is 0 Å². The van der Waals surface area contributed by atoms with Crippen LogP contribution in [0.4, 0.5) is 4.39 Å². The van der Waals surface area contributed by atoms with E-state index in [2.05, 4.69) is 0 Å². The first-order valence-electron chi connectivity index (χ1n) is 3.87. The van der Waals surface area contributed by atoms with E-state index in [1.165, 1.54) is 12.1 Å². The molecule has 1 atom stereocenters. The third kappa shape index (κ3) is 2.02. The van der Waals surface area contributed by atoms with Gasteiger partial charge in [0.25, 0.3) is 0 Å². The quantitative estimate of drug-likeness (QED) is 0.795. The number of rotatable bonds is 2. The standard InChI is InChI=1S/C9H9ClFNO2/c1-4-2-5(8(12)9(13)14)7(11)6(10)3-4/h2-3,8H,12H2,1H3,(H,13,14). The van der Waals surface area contributed by atoms with E-state index in [9.17, 15) is 9.18 Å². The highest BCUT2D eigenvalue weighted by Crippen LogP contribution is 2.24. The lowest BCUT2D eigenvalue weighted by molar-refractivity contribution is -0.138. The van der Waals surface area contributed by atoms with Gasteiger partial charge in [0.2, 0.25) is 0 Å². The van der Waals surface area contributed by atoms with E-state index in [1.807, 2.05) is 0 Å². The number of aliphatic carboxylic acids is 1. The van der Waals surface area contributed by atoms with Gasteiger partial charge in [0.05, 0.1) is 5.02 Å². The average molecular weight is 218 g/mol. The molecule has 0 aliphatic rings. The van der Waals surface area contributed by atoms with Gasteiger partial charge >= 0.3 is 5.97 Å². The fraction of sp³-hybridized carbons (Fsp3) is 0.222. The Kier molecular flexibility index (Phi) is 3.08. The third-order valence-corrected chi connectivity index (χ3v) is 2.08. The number of carboxylic acids is 1. The minimum atomic E-state index is -1.38. The summed E-state index contributed by atoms with van der Waals surface area (Å²) in [6.45, 7) is 1.68. The van der Waals surface area contributed by atoms with Crippen LogP contribution in [0.1, 0.15) is 17.2 Å². The topological polar surface area (TPSA) is 63.3 Å². The first kappa shape index (κ1) is 10.9. The first-order valence-corrected chi connectivity index (χ1v) is 4.25. The van der Waals surface area contributed by atoms with Crippen molar-refractivity contribution < 1.29 is 14.3 Å². The van der Waals surface area contributed by atoms with Crippen molar-refractivity contribution in [1.29, 1.82) is 0 Å². The van der Waals surface area contributed by atoms with Crippen molar-refractivity contribution in [2.24, 2.45) is 5.73 Å². The van der Waals surface area contributed by atoms with Crippen molar-refractivity contribution in [1.82, 2.24) is 0 Å². The number of carbonyl (C=O) groups is 1. The Morgan fingerprint density at radius 2 is 2.21 bits per heavy atom. The molecule has 1 unspecified atom stereocenters. The van der Waals surface area contributed by atoms with Crippen LogP contribution >= 0.6 is 11.6 Å². The zero-order valence-electron chi connectivity index (χ0n) is 7.42. The summed E-state index contributed by atoms with van der Waals surface area (Å²) >= 11 is 5.54. The van der Waals surface area contributed by atoms with E-state index >= 15 is 0 Å². The van der Waals surface area contributed by atoms with Gasteiger partial charge in [0, 0.05) is 5.56 Å². The van der Waals surface area contributed by atoms with Crippen LogP contribution < -0.4 is 5.73 Å². The summed E-state index contributed by atoms with van der Waals surface area (Å²) in [5.74, 6) is -2.06. The lowest BCUT2D eigenvalue weighted by Gasteiger charge is -2.10. The Morgan fingerprint density at radius 1 is 1.64 bits per heavy atom. The highest BCUT2D eigenvalue weighted by molar-refractivity contribution is 6.30. The van der Waals surface area contributed by atoms with Crippen LogP contribution in [0.2, 0.25) is 5.02 Å². The molecule has 14 heavy (non-hydrogen) atoms. The highest BCUT2D eigenvalue weighted by atomic mass is 35.5. The van der Waals surface area contributed by atoms with Gasteiger partial charge < -0.3 is 10.8 Å². The molecule has 0 aliphatic heterocycles. The van der Waals surface area contributed by atoms with E-state index in [1.54, 1.807) is 6.92 Å². The van der Waals surface area contributed by atoms with Crippen molar-refractivity contribution in [3.05, 3.63) is 34.1 Å². The smallest absolute Gasteiger partial charge is 0.325 e. The predicted molar refractivity (Wildman–Crippen MR) is 50.7 cm³/mol. The molecule has 0 aromatic heterocycles. The molecular weight excluding hydrogens is 209 g/mol. The van der Waals surface area contributed by atoms with Gasteiger partial charge in [-0.2, -0.15) is 0 Å². The second-order valence-corrected chi connectivity index (χ2v) is 3.37. The van der Waals surface area contributed by atoms with E-state index in [0.29, 0.717) is 5.56 Å². The largest absolute Gasteiger partial charge is 0.480 e. The van der Waals surface area contributed by atoms with Gasteiger partial charge in [-0.25, -0.2) is 4.39 Å². The molecule has 0 saturated carbocycles. The van der Waals surface area contributed by atoms with Gasteiger partial charge in [-0.05, 0) is 18.6 Å². The fourth-order valence-electron chi connectivity index (χ4n) is 1.11. The van der Waals surface area contributed by atoms with Crippen LogP contribution in [-0.2, 0) is 4.79 Å². The Hall–Kier alpha value is -1.13. The van der Waals surface area contributed by atoms with Crippen LogP contribution in [0.15, 0.2) is 12.1 Å². The molecule has 1 rings (SSSR count). The maximum absolute atomic E-state index is 13.3. The number of halogens is 2. The molecule has 0 fully saturated rings. The fourth-order valence-corrected chi connectivity index (χ4v) is 1.39. The monoisotopic (exact) mass is 217 g/mol. The maximum Gasteiger partial charge on any atom is 0.325 e. The number of hydrogen-bond donors (Lipinski definition) is 2. The first-order chi connectivity index (χ1) is 6.43. The van der Waals surface area contributed by atoms with Crippen molar-refractivity contribution in [3.8, 4) is 0 Å². The molecule has 0 heterocycles. The molecule has 1 aromatic carbocycles. The Labute approximate surface area is 85.3 Å². The minimum Gasteiger partial charge on any atom is -0.480 e. The number of hydrogen-bond acceptors (Lipinski definition) is 2. The molecule has 1 aromatic rings. The number of nitrogens with two attached hydrogens (primary N) is 1. The number of benzene rings is 1. The van der Waals surface area contributed by atoms with Crippen LogP contribution in [0.5, 0.6) is 0 Å².